The van der Waals surface area contributed by atoms with E-state index in [1.54, 1.807) is 0 Å². The third-order valence-corrected chi connectivity index (χ3v) is 3.90. The molecular formula is C20H18F2N4O. The van der Waals surface area contributed by atoms with Crippen molar-refractivity contribution in [3.8, 4) is 0 Å². The van der Waals surface area contributed by atoms with E-state index in [1.807, 2.05) is 24.3 Å². The van der Waals surface area contributed by atoms with Crippen LogP contribution in [0, 0.1) is 11.6 Å². The van der Waals surface area contributed by atoms with Gasteiger partial charge in [0, 0.05) is 23.6 Å². The molecule has 138 valence electrons. The lowest BCUT2D eigenvalue weighted by molar-refractivity contribution is 0.102. The van der Waals surface area contributed by atoms with Gasteiger partial charge in [-0.05, 0) is 41.8 Å². The number of nitrogens with one attached hydrogen (secondary N) is 2. The van der Waals surface area contributed by atoms with Crippen LogP contribution in [0.15, 0.2) is 54.7 Å². The van der Waals surface area contributed by atoms with Gasteiger partial charge in [-0.2, -0.15) is 0 Å². The number of anilines is 3. The largest absolute Gasteiger partial charge is 0.324 e. The third-order valence-electron chi connectivity index (χ3n) is 3.90. The van der Waals surface area contributed by atoms with E-state index in [0.29, 0.717) is 5.92 Å². The monoisotopic (exact) mass is 368 g/mol. The summed E-state index contributed by atoms with van der Waals surface area (Å²) in [6, 6.07) is 12.4. The summed E-state index contributed by atoms with van der Waals surface area (Å²) in [6.07, 6.45) is 1.44. The van der Waals surface area contributed by atoms with E-state index >= 15 is 0 Å². The van der Waals surface area contributed by atoms with Crippen molar-refractivity contribution in [2.45, 2.75) is 19.8 Å². The third kappa shape index (κ3) is 4.63. The highest BCUT2D eigenvalue weighted by Crippen LogP contribution is 2.19. The standard InChI is InChI=1S/C20H18F2N4O/c1-12(2)13-3-5-14(6-4-13)25-20-23-10-9-18(26-20)19(27)24-15-7-8-16(21)17(22)11-15/h3-12H,1-2H3,(H,24,27)(H,23,25,26). The summed E-state index contributed by atoms with van der Waals surface area (Å²) in [5.41, 5.74) is 2.23. The van der Waals surface area contributed by atoms with Crippen molar-refractivity contribution in [3.05, 3.63) is 77.6 Å². The first-order valence-corrected chi connectivity index (χ1v) is 8.39. The van der Waals surface area contributed by atoms with Crippen molar-refractivity contribution in [1.29, 1.82) is 0 Å². The summed E-state index contributed by atoms with van der Waals surface area (Å²) in [5, 5.41) is 5.51. The van der Waals surface area contributed by atoms with Gasteiger partial charge in [-0.25, -0.2) is 18.7 Å². The summed E-state index contributed by atoms with van der Waals surface area (Å²) in [7, 11) is 0. The molecule has 0 bridgehead atoms. The molecule has 0 unspecified atom stereocenters. The van der Waals surface area contributed by atoms with Crippen molar-refractivity contribution >= 4 is 23.2 Å². The number of rotatable bonds is 5. The van der Waals surface area contributed by atoms with E-state index < -0.39 is 17.5 Å². The molecule has 0 aliphatic carbocycles. The van der Waals surface area contributed by atoms with Crippen molar-refractivity contribution in [1.82, 2.24) is 9.97 Å². The van der Waals surface area contributed by atoms with Gasteiger partial charge in [-0.3, -0.25) is 4.79 Å². The second-order valence-electron chi connectivity index (χ2n) is 6.25. The highest BCUT2D eigenvalue weighted by atomic mass is 19.2. The second kappa shape index (κ2) is 7.90. The number of hydrogen-bond donors (Lipinski definition) is 2. The number of aromatic nitrogens is 2. The lowest BCUT2D eigenvalue weighted by Crippen LogP contribution is -2.15. The van der Waals surface area contributed by atoms with Crippen molar-refractivity contribution in [3.63, 3.8) is 0 Å². The predicted octanol–water partition coefficient (Wildman–Crippen LogP) is 4.87. The maximum atomic E-state index is 13.3. The lowest BCUT2D eigenvalue weighted by atomic mass is 10.0. The van der Waals surface area contributed by atoms with Crippen LogP contribution in [0.2, 0.25) is 0 Å². The van der Waals surface area contributed by atoms with Crippen LogP contribution in [0.1, 0.15) is 35.8 Å². The first-order valence-electron chi connectivity index (χ1n) is 8.39. The summed E-state index contributed by atoms with van der Waals surface area (Å²) < 4.78 is 26.2. The van der Waals surface area contributed by atoms with E-state index in [9.17, 15) is 13.6 Å². The average molecular weight is 368 g/mol. The molecule has 2 aromatic carbocycles. The minimum Gasteiger partial charge on any atom is -0.324 e. The molecule has 5 nitrogen and oxygen atoms in total. The zero-order valence-electron chi connectivity index (χ0n) is 14.8. The quantitative estimate of drug-likeness (QED) is 0.674. The lowest BCUT2D eigenvalue weighted by Gasteiger charge is -2.09. The molecule has 0 saturated heterocycles. The fourth-order valence-electron chi connectivity index (χ4n) is 2.39. The fourth-order valence-corrected chi connectivity index (χ4v) is 2.39. The van der Waals surface area contributed by atoms with Gasteiger partial charge in [-0.15, -0.1) is 0 Å². The molecule has 2 N–H and O–H groups in total. The van der Waals surface area contributed by atoms with Gasteiger partial charge in [0.1, 0.15) is 5.69 Å². The van der Waals surface area contributed by atoms with Crippen molar-refractivity contribution < 1.29 is 13.6 Å². The number of nitrogens with zero attached hydrogens (tertiary/aromatic N) is 2. The summed E-state index contributed by atoms with van der Waals surface area (Å²) in [4.78, 5) is 20.5. The van der Waals surface area contributed by atoms with E-state index in [1.165, 1.54) is 23.9 Å². The van der Waals surface area contributed by atoms with Crippen LogP contribution >= 0.6 is 0 Å². The fraction of sp³-hybridized carbons (Fsp3) is 0.150. The Bertz CT molecular complexity index is 958. The zero-order valence-corrected chi connectivity index (χ0v) is 14.8. The van der Waals surface area contributed by atoms with Crippen LogP contribution in [0.25, 0.3) is 0 Å². The van der Waals surface area contributed by atoms with Gasteiger partial charge in [0.2, 0.25) is 5.95 Å². The summed E-state index contributed by atoms with van der Waals surface area (Å²) >= 11 is 0. The molecule has 0 saturated carbocycles. The van der Waals surface area contributed by atoms with Crippen molar-refractivity contribution in [2.75, 3.05) is 10.6 Å². The molecule has 1 aromatic heterocycles. The van der Waals surface area contributed by atoms with E-state index in [0.717, 1.165) is 17.8 Å². The minimum atomic E-state index is -1.04. The minimum absolute atomic E-state index is 0.0935. The Kier molecular flexibility index (Phi) is 5.40. The molecule has 27 heavy (non-hydrogen) atoms. The van der Waals surface area contributed by atoms with E-state index in [2.05, 4.69) is 34.4 Å². The summed E-state index contributed by atoms with van der Waals surface area (Å²) in [6.45, 7) is 4.22. The van der Waals surface area contributed by atoms with Crippen LogP contribution in [-0.4, -0.2) is 15.9 Å². The molecule has 0 spiro atoms. The molecule has 3 rings (SSSR count). The molecule has 0 radical (unpaired) electrons. The van der Waals surface area contributed by atoms with Crippen LogP contribution in [0.5, 0.6) is 0 Å². The maximum absolute atomic E-state index is 13.3. The number of carbonyl (C=O) groups is 1. The Balaban J connectivity index is 1.72. The molecule has 0 aliphatic rings. The van der Waals surface area contributed by atoms with Crippen LogP contribution in [-0.2, 0) is 0 Å². The zero-order chi connectivity index (χ0) is 19.4. The molecule has 0 aliphatic heterocycles. The Morgan fingerprint density at radius 3 is 2.33 bits per heavy atom. The Morgan fingerprint density at radius 2 is 1.67 bits per heavy atom. The first-order chi connectivity index (χ1) is 12.9. The number of halogens is 2. The van der Waals surface area contributed by atoms with Gasteiger partial charge in [0.25, 0.3) is 5.91 Å². The SMILES string of the molecule is CC(C)c1ccc(Nc2nccc(C(=O)Nc3ccc(F)c(F)c3)n2)cc1. The van der Waals surface area contributed by atoms with E-state index in [-0.39, 0.29) is 17.3 Å². The van der Waals surface area contributed by atoms with Gasteiger partial charge < -0.3 is 10.6 Å². The van der Waals surface area contributed by atoms with Gasteiger partial charge in [0.15, 0.2) is 11.6 Å². The number of hydrogen-bond acceptors (Lipinski definition) is 4. The second-order valence-corrected chi connectivity index (χ2v) is 6.25. The molecule has 0 fully saturated rings. The predicted molar refractivity (Wildman–Crippen MR) is 100 cm³/mol. The van der Waals surface area contributed by atoms with Crippen molar-refractivity contribution in [2.24, 2.45) is 0 Å². The van der Waals surface area contributed by atoms with Gasteiger partial charge in [0.05, 0.1) is 0 Å². The Labute approximate surface area is 155 Å². The number of carbonyl (C=O) groups excluding carboxylic acids is 1. The topological polar surface area (TPSA) is 66.9 Å². The normalized spacial score (nSPS) is 10.7. The van der Waals surface area contributed by atoms with Gasteiger partial charge >= 0.3 is 0 Å². The molecule has 1 amide bonds. The maximum Gasteiger partial charge on any atom is 0.274 e. The van der Waals surface area contributed by atoms with E-state index in [4.69, 9.17) is 0 Å². The Morgan fingerprint density at radius 1 is 0.963 bits per heavy atom. The highest BCUT2D eigenvalue weighted by Gasteiger charge is 2.11. The summed E-state index contributed by atoms with van der Waals surface area (Å²) in [5.74, 6) is -1.89. The van der Waals surface area contributed by atoms with Crippen LogP contribution < -0.4 is 10.6 Å². The Hall–Kier alpha value is -3.35. The number of amides is 1. The first kappa shape index (κ1) is 18.4. The number of benzene rings is 2. The molecule has 7 heteroatoms. The van der Waals surface area contributed by atoms with Crippen LogP contribution in [0.3, 0.4) is 0 Å². The molecule has 1 heterocycles. The van der Waals surface area contributed by atoms with Gasteiger partial charge in [-0.1, -0.05) is 26.0 Å². The molecule has 0 atom stereocenters. The van der Waals surface area contributed by atoms with Crippen LogP contribution in [0.4, 0.5) is 26.1 Å². The molecule has 3 aromatic rings. The highest BCUT2D eigenvalue weighted by molar-refractivity contribution is 6.03. The molecular weight excluding hydrogens is 350 g/mol. The average Bonchev–Trinajstić information content (AvgIpc) is 2.65. The smallest absolute Gasteiger partial charge is 0.274 e.